The van der Waals surface area contributed by atoms with Crippen molar-refractivity contribution in [2.24, 2.45) is 0 Å². The molecule has 0 amide bonds. The van der Waals surface area contributed by atoms with Crippen molar-refractivity contribution in [3.05, 3.63) is 78.9 Å². The third-order valence-corrected chi connectivity index (χ3v) is 11.4. The third kappa shape index (κ3) is 7.94. The van der Waals surface area contributed by atoms with Crippen LogP contribution >= 0.6 is 7.92 Å². The molecule has 0 aromatic heterocycles. The second-order valence-electron chi connectivity index (χ2n) is 10.2. The number of rotatable bonds is 5. The van der Waals surface area contributed by atoms with Gasteiger partial charge in [0.15, 0.2) is 0 Å². The first kappa shape index (κ1) is 26.9. The molecule has 2 aliphatic carbocycles. The van der Waals surface area contributed by atoms with Gasteiger partial charge in [-0.05, 0) is 91.8 Å². The molecular formula is C30H36BF4P. The molecule has 3 aromatic carbocycles. The van der Waals surface area contributed by atoms with Crippen LogP contribution in [0.25, 0.3) is 22.3 Å². The molecule has 0 heterocycles. The van der Waals surface area contributed by atoms with Crippen LogP contribution in [-0.2, 0) is 0 Å². The molecule has 0 nitrogen and oxygen atoms in total. The first-order valence-electron chi connectivity index (χ1n) is 13.4. The van der Waals surface area contributed by atoms with E-state index in [-0.39, 0.29) is 0 Å². The first-order chi connectivity index (χ1) is 17.4. The Labute approximate surface area is 214 Å². The molecule has 3 aromatic rings. The highest BCUT2D eigenvalue weighted by Gasteiger charge is 2.39. The van der Waals surface area contributed by atoms with Crippen molar-refractivity contribution in [1.29, 1.82) is 0 Å². The number of hydrogen-bond acceptors (Lipinski definition) is 0. The van der Waals surface area contributed by atoms with Crippen LogP contribution in [0.1, 0.15) is 64.2 Å². The predicted octanol–water partition coefficient (Wildman–Crippen LogP) is 9.83. The van der Waals surface area contributed by atoms with E-state index in [0.29, 0.717) is 0 Å². The molecule has 0 bridgehead atoms. The zero-order valence-electron chi connectivity index (χ0n) is 20.8. The van der Waals surface area contributed by atoms with Crippen molar-refractivity contribution < 1.29 is 17.3 Å². The lowest BCUT2D eigenvalue weighted by molar-refractivity contribution is 0.368. The molecule has 0 spiro atoms. The molecule has 0 saturated heterocycles. The Morgan fingerprint density at radius 2 is 0.861 bits per heavy atom. The van der Waals surface area contributed by atoms with Crippen LogP contribution in [0.15, 0.2) is 78.9 Å². The zero-order valence-corrected chi connectivity index (χ0v) is 21.8. The van der Waals surface area contributed by atoms with Gasteiger partial charge in [0.2, 0.25) is 0 Å². The fraction of sp³-hybridized carbons (Fsp3) is 0.400. The minimum Gasteiger partial charge on any atom is -0.418 e. The highest BCUT2D eigenvalue weighted by Crippen LogP contribution is 2.55. The summed E-state index contributed by atoms with van der Waals surface area (Å²) < 4.78 is 39.0. The van der Waals surface area contributed by atoms with E-state index in [1.165, 1.54) is 86.5 Å². The highest BCUT2D eigenvalue weighted by molar-refractivity contribution is 7.67. The lowest BCUT2D eigenvalue weighted by Crippen LogP contribution is -2.26. The standard InChI is InChI=1S/C30H35P.BF4/c1-5-13-24(14-6-1)26-21-27(25-15-7-2-8-16-25)23-30(22-26)31(28-17-9-3-10-18-28)29-19-11-4-12-20-29;2-1(3,4)5/h1-2,5-8,13-16,21-23,28-29H,3-4,9-12,17-20H2;/q;-1/p+1. The highest BCUT2D eigenvalue weighted by atomic mass is 31.1. The van der Waals surface area contributed by atoms with E-state index in [1.807, 2.05) is 0 Å². The van der Waals surface area contributed by atoms with Crippen LogP contribution in [-0.4, -0.2) is 18.6 Å². The fourth-order valence-corrected chi connectivity index (χ4v) is 10.3. The minimum atomic E-state index is -6.00. The van der Waals surface area contributed by atoms with Crippen molar-refractivity contribution in [3.63, 3.8) is 0 Å². The van der Waals surface area contributed by atoms with Crippen LogP contribution in [0.5, 0.6) is 0 Å². The van der Waals surface area contributed by atoms with Crippen LogP contribution < -0.4 is 5.30 Å². The maximum Gasteiger partial charge on any atom is 0.673 e. The van der Waals surface area contributed by atoms with Crippen LogP contribution in [0.2, 0.25) is 0 Å². The van der Waals surface area contributed by atoms with Crippen LogP contribution in [0, 0.1) is 0 Å². The van der Waals surface area contributed by atoms with Crippen molar-refractivity contribution in [2.45, 2.75) is 75.5 Å². The monoisotopic (exact) mass is 514 g/mol. The summed E-state index contributed by atoms with van der Waals surface area (Å²) in [5, 5.41) is 1.71. The van der Waals surface area contributed by atoms with Crippen molar-refractivity contribution in [2.75, 3.05) is 0 Å². The maximum absolute atomic E-state index is 9.75. The normalized spacial score (nSPS) is 17.5. The Hall–Kier alpha value is -2.13. The van der Waals surface area contributed by atoms with E-state index in [1.54, 1.807) is 5.30 Å². The lowest BCUT2D eigenvalue weighted by Gasteiger charge is -2.32. The molecule has 0 unspecified atom stereocenters. The fourth-order valence-electron chi connectivity index (χ4n) is 6.02. The Balaban J connectivity index is 0.000000556. The second-order valence-corrected chi connectivity index (χ2v) is 13.3. The second kappa shape index (κ2) is 12.9. The summed E-state index contributed by atoms with van der Waals surface area (Å²) in [6.07, 6.45) is 14.6. The zero-order chi connectivity index (χ0) is 25.4. The third-order valence-electron chi connectivity index (χ3n) is 7.57. The number of hydrogen-bond donors (Lipinski definition) is 0. The Morgan fingerprint density at radius 3 is 1.22 bits per heavy atom. The molecule has 192 valence electrons. The van der Waals surface area contributed by atoms with Crippen molar-refractivity contribution >= 4 is 20.5 Å². The van der Waals surface area contributed by atoms with Gasteiger partial charge in [0.25, 0.3) is 0 Å². The Morgan fingerprint density at radius 1 is 0.500 bits per heavy atom. The molecule has 2 saturated carbocycles. The molecule has 0 radical (unpaired) electrons. The molecule has 6 heteroatoms. The summed E-state index contributed by atoms with van der Waals surface area (Å²) in [5.74, 6) is 0. The van der Waals surface area contributed by atoms with Gasteiger partial charge in [0.05, 0.1) is 16.6 Å². The molecule has 36 heavy (non-hydrogen) atoms. The van der Waals surface area contributed by atoms with E-state index in [2.05, 4.69) is 78.9 Å². The summed E-state index contributed by atoms with van der Waals surface area (Å²) in [5.41, 5.74) is 7.47. The molecule has 0 atom stereocenters. The number of halogens is 4. The largest absolute Gasteiger partial charge is 0.673 e. The van der Waals surface area contributed by atoms with Crippen molar-refractivity contribution in [3.8, 4) is 22.3 Å². The average Bonchev–Trinajstić information content (AvgIpc) is 2.90. The summed E-state index contributed by atoms with van der Waals surface area (Å²) in [6, 6.07) is 29.7. The Bertz CT molecular complexity index is 978. The molecule has 0 N–H and O–H groups in total. The summed E-state index contributed by atoms with van der Waals surface area (Å²) in [4.78, 5) is 0. The van der Waals surface area contributed by atoms with Gasteiger partial charge in [0, 0.05) is 7.92 Å². The Kier molecular flexibility index (Phi) is 9.65. The predicted molar refractivity (Wildman–Crippen MR) is 149 cm³/mol. The quantitative estimate of drug-likeness (QED) is 0.181. The van der Waals surface area contributed by atoms with E-state index in [4.69, 9.17) is 0 Å². The van der Waals surface area contributed by atoms with Gasteiger partial charge in [-0.15, -0.1) is 0 Å². The molecule has 2 aliphatic rings. The van der Waals surface area contributed by atoms with Gasteiger partial charge in [0.1, 0.15) is 0 Å². The first-order valence-corrected chi connectivity index (χ1v) is 15.0. The summed E-state index contributed by atoms with van der Waals surface area (Å²) in [7, 11) is -6.58. The van der Waals surface area contributed by atoms with Gasteiger partial charge >= 0.3 is 7.25 Å². The van der Waals surface area contributed by atoms with E-state index in [0.717, 1.165) is 11.3 Å². The molecular weight excluding hydrogens is 478 g/mol. The van der Waals surface area contributed by atoms with Gasteiger partial charge < -0.3 is 17.3 Å². The van der Waals surface area contributed by atoms with Gasteiger partial charge in [-0.25, -0.2) is 0 Å². The number of benzene rings is 3. The topological polar surface area (TPSA) is 0 Å². The van der Waals surface area contributed by atoms with E-state index >= 15 is 0 Å². The van der Waals surface area contributed by atoms with Gasteiger partial charge in [-0.3, -0.25) is 0 Å². The maximum atomic E-state index is 9.75. The smallest absolute Gasteiger partial charge is 0.418 e. The van der Waals surface area contributed by atoms with Gasteiger partial charge in [-0.1, -0.05) is 73.5 Å². The molecule has 5 rings (SSSR count). The van der Waals surface area contributed by atoms with Gasteiger partial charge in [-0.2, -0.15) is 0 Å². The average molecular weight is 514 g/mol. The molecule has 0 aliphatic heterocycles. The van der Waals surface area contributed by atoms with Crippen LogP contribution in [0.3, 0.4) is 0 Å². The minimum absolute atomic E-state index is 0.582. The van der Waals surface area contributed by atoms with Crippen LogP contribution in [0.4, 0.5) is 17.3 Å². The van der Waals surface area contributed by atoms with Crippen molar-refractivity contribution in [1.82, 2.24) is 0 Å². The summed E-state index contributed by atoms with van der Waals surface area (Å²) >= 11 is 0. The molecule has 2 fully saturated rings. The SMILES string of the molecule is F[B-](F)(F)F.c1ccc(-c2cc(-c3ccccc3)cc([PH+](C3CCCCC3)C3CCCCC3)c2)cc1. The van der Waals surface area contributed by atoms with E-state index in [9.17, 15) is 17.3 Å². The lowest BCUT2D eigenvalue weighted by atomic mass is 9.99. The van der Waals surface area contributed by atoms with E-state index < -0.39 is 15.2 Å². The summed E-state index contributed by atoms with van der Waals surface area (Å²) in [6.45, 7) is 0.